The molecule has 32 heavy (non-hydrogen) atoms. The van der Waals surface area contributed by atoms with E-state index in [1.807, 2.05) is 0 Å². The van der Waals surface area contributed by atoms with Gasteiger partial charge < -0.3 is 9.15 Å². The summed E-state index contributed by atoms with van der Waals surface area (Å²) in [6, 6.07) is 15.4. The van der Waals surface area contributed by atoms with Crippen molar-refractivity contribution in [2.75, 3.05) is 0 Å². The summed E-state index contributed by atoms with van der Waals surface area (Å²) in [5, 5.41) is 0.345. The third kappa shape index (κ3) is 4.42. The fraction of sp³-hybridized carbons (Fsp3) is 0.0435. The van der Waals surface area contributed by atoms with E-state index in [2.05, 4.69) is 15.9 Å². The van der Waals surface area contributed by atoms with E-state index in [0.29, 0.717) is 9.50 Å². The number of benzene rings is 3. The van der Waals surface area contributed by atoms with Gasteiger partial charge in [-0.2, -0.15) is 13.2 Å². The number of hydrogen-bond donors (Lipinski definition) is 0. The van der Waals surface area contributed by atoms with Gasteiger partial charge >= 0.3 is 12.1 Å². The van der Waals surface area contributed by atoms with Crippen LogP contribution in [0, 0.1) is 0 Å². The minimum atomic E-state index is -4.92. The topological polar surface area (TPSA) is 56.5 Å². The molecule has 1 heterocycles. The van der Waals surface area contributed by atoms with Gasteiger partial charge in [-0.25, -0.2) is 4.79 Å². The Bertz CT molecular complexity index is 1380. The van der Waals surface area contributed by atoms with Crippen molar-refractivity contribution < 1.29 is 27.1 Å². The van der Waals surface area contributed by atoms with Gasteiger partial charge in [0.05, 0.1) is 16.5 Å². The monoisotopic (exact) mass is 522 g/mol. The standard InChI is InChI=1S/C23H11BrClF3O4/c24-14-5-1-12(2-6-14)19-20(29)17-10-9-16(11-18(17)32-21(19)23(26,27)28)31-22(30)13-3-7-15(25)8-4-13/h1-11H. The zero-order valence-electron chi connectivity index (χ0n) is 15.9. The quantitative estimate of drug-likeness (QED) is 0.212. The number of carbonyl (C=O) groups excluding carboxylic acids is 1. The SMILES string of the molecule is O=C(Oc1ccc2c(=O)c(-c3ccc(Br)cc3)c(C(F)(F)F)oc2c1)c1ccc(Cl)cc1. The van der Waals surface area contributed by atoms with Crippen LogP contribution in [0.25, 0.3) is 22.1 Å². The molecule has 0 unspecified atom stereocenters. The van der Waals surface area contributed by atoms with Gasteiger partial charge in [-0.15, -0.1) is 0 Å². The van der Waals surface area contributed by atoms with E-state index in [4.69, 9.17) is 20.8 Å². The molecule has 1 aromatic heterocycles. The maximum absolute atomic E-state index is 13.7. The zero-order valence-corrected chi connectivity index (χ0v) is 18.2. The number of halogens is 5. The second-order valence-electron chi connectivity index (χ2n) is 6.69. The minimum absolute atomic E-state index is 0.0643. The fourth-order valence-electron chi connectivity index (χ4n) is 3.07. The van der Waals surface area contributed by atoms with Crippen LogP contribution in [0.15, 0.2) is 80.4 Å². The van der Waals surface area contributed by atoms with Crippen LogP contribution < -0.4 is 10.2 Å². The lowest BCUT2D eigenvalue weighted by Crippen LogP contribution is -2.16. The average Bonchev–Trinajstić information content (AvgIpc) is 2.74. The van der Waals surface area contributed by atoms with Crippen molar-refractivity contribution in [2.45, 2.75) is 6.18 Å². The molecule has 0 aliphatic heterocycles. The van der Waals surface area contributed by atoms with Gasteiger partial charge in [-0.05, 0) is 54.1 Å². The van der Waals surface area contributed by atoms with Crippen LogP contribution in [0.5, 0.6) is 5.75 Å². The van der Waals surface area contributed by atoms with Gasteiger partial charge in [0.15, 0.2) is 0 Å². The van der Waals surface area contributed by atoms with E-state index >= 15 is 0 Å². The summed E-state index contributed by atoms with van der Waals surface area (Å²) in [6.07, 6.45) is -4.92. The number of ether oxygens (including phenoxy) is 1. The third-order valence-electron chi connectivity index (χ3n) is 4.54. The summed E-state index contributed by atoms with van der Waals surface area (Å²) in [5.74, 6) is -2.26. The molecular weight excluding hydrogens is 513 g/mol. The van der Waals surface area contributed by atoms with E-state index in [1.54, 1.807) is 0 Å². The number of hydrogen-bond acceptors (Lipinski definition) is 4. The normalized spacial score (nSPS) is 11.5. The lowest BCUT2D eigenvalue weighted by molar-refractivity contribution is -0.152. The number of fused-ring (bicyclic) bond motifs is 1. The first-order valence-electron chi connectivity index (χ1n) is 9.05. The molecule has 162 valence electrons. The van der Waals surface area contributed by atoms with Crippen LogP contribution >= 0.6 is 27.5 Å². The Morgan fingerprint density at radius 1 is 0.969 bits per heavy atom. The fourth-order valence-corrected chi connectivity index (χ4v) is 3.46. The number of carbonyl (C=O) groups is 1. The highest BCUT2D eigenvalue weighted by Gasteiger charge is 2.39. The van der Waals surface area contributed by atoms with Crippen LogP contribution in [-0.4, -0.2) is 5.97 Å². The van der Waals surface area contributed by atoms with E-state index in [9.17, 15) is 22.8 Å². The van der Waals surface area contributed by atoms with Crippen LogP contribution in [0.2, 0.25) is 5.02 Å². The van der Waals surface area contributed by atoms with Crippen LogP contribution in [-0.2, 0) is 6.18 Å². The van der Waals surface area contributed by atoms with Gasteiger partial charge in [0.2, 0.25) is 11.2 Å². The van der Waals surface area contributed by atoms with Gasteiger partial charge in [-0.1, -0.05) is 39.7 Å². The molecule has 0 aliphatic carbocycles. The maximum atomic E-state index is 13.7. The molecular formula is C23H11BrClF3O4. The highest BCUT2D eigenvalue weighted by atomic mass is 79.9. The van der Waals surface area contributed by atoms with Crippen LogP contribution in [0.4, 0.5) is 13.2 Å². The number of esters is 1. The molecule has 0 spiro atoms. The average molecular weight is 524 g/mol. The Balaban J connectivity index is 1.81. The molecule has 0 saturated heterocycles. The van der Waals surface area contributed by atoms with Crippen molar-refractivity contribution in [3.63, 3.8) is 0 Å². The zero-order chi connectivity index (χ0) is 23.0. The van der Waals surface area contributed by atoms with Crippen LogP contribution in [0.1, 0.15) is 16.1 Å². The molecule has 0 radical (unpaired) electrons. The molecule has 0 aliphatic rings. The smallest absolute Gasteiger partial charge is 0.450 e. The Kier molecular flexibility index (Phi) is 5.83. The first-order valence-corrected chi connectivity index (χ1v) is 10.2. The molecule has 0 N–H and O–H groups in total. The molecule has 0 fully saturated rings. The highest BCUT2D eigenvalue weighted by Crippen LogP contribution is 2.38. The molecule has 4 nitrogen and oxygen atoms in total. The van der Waals surface area contributed by atoms with Crippen molar-refractivity contribution in [3.05, 3.63) is 97.8 Å². The Morgan fingerprint density at radius 2 is 1.62 bits per heavy atom. The van der Waals surface area contributed by atoms with E-state index in [-0.39, 0.29) is 27.8 Å². The first kappa shape index (κ1) is 22.1. The highest BCUT2D eigenvalue weighted by molar-refractivity contribution is 9.10. The summed E-state index contributed by atoms with van der Waals surface area (Å²) in [4.78, 5) is 25.3. The second kappa shape index (κ2) is 8.44. The van der Waals surface area contributed by atoms with Crippen molar-refractivity contribution >= 4 is 44.5 Å². The molecule has 0 saturated carbocycles. The Labute approximate surface area is 192 Å². The lowest BCUT2D eigenvalue weighted by atomic mass is 10.0. The van der Waals surface area contributed by atoms with Crippen LogP contribution in [0.3, 0.4) is 0 Å². The molecule has 4 rings (SSSR count). The second-order valence-corrected chi connectivity index (χ2v) is 8.05. The van der Waals surface area contributed by atoms with Gasteiger partial charge in [-0.3, -0.25) is 4.79 Å². The van der Waals surface area contributed by atoms with E-state index in [0.717, 1.165) is 6.07 Å². The molecule has 0 atom stereocenters. The van der Waals surface area contributed by atoms with E-state index in [1.165, 1.54) is 60.7 Å². The summed E-state index contributed by atoms with van der Waals surface area (Å²) < 4.78 is 52.2. The predicted octanol–water partition coefficient (Wildman–Crippen LogP) is 7.11. The maximum Gasteiger partial charge on any atom is 0.450 e. The summed E-state index contributed by atoms with van der Waals surface area (Å²) >= 11 is 9.00. The first-order chi connectivity index (χ1) is 15.1. The predicted molar refractivity (Wildman–Crippen MR) is 117 cm³/mol. The molecule has 0 amide bonds. The molecule has 4 aromatic rings. The van der Waals surface area contributed by atoms with E-state index < -0.39 is 28.9 Å². The van der Waals surface area contributed by atoms with Gasteiger partial charge in [0.1, 0.15) is 11.3 Å². The summed E-state index contributed by atoms with van der Waals surface area (Å²) in [7, 11) is 0. The van der Waals surface area contributed by atoms with Crippen molar-refractivity contribution in [2.24, 2.45) is 0 Å². The third-order valence-corrected chi connectivity index (χ3v) is 5.33. The lowest BCUT2D eigenvalue weighted by Gasteiger charge is -2.13. The summed E-state index contributed by atoms with van der Waals surface area (Å²) in [5.41, 5.74) is -1.54. The van der Waals surface area contributed by atoms with Crippen molar-refractivity contribution in [3.8, 4) is 16.9 Å². The Hall–Kier alpha value is -3.10. The minimum Gasteiger partial charge on any atom is -0.450 e. The number of alkyl halides is 3. The van der Waals surface area contributed by atoms with Gasteiger partial charge in [0.25, 0.3) is 0 Å². The van der Waals surface area contributed by atoms with Crippen molar-refractivity contribution in [1.29, 1.82) is 0 Å². The van der Waals surface area contributed by atoms with Crippen molar-refractivity contribution in [1.82, 2.24) is 0 Å². The summed E-state index contributed by atoms with van der Waals surface area (Å²) in [6.45, 7) is 0. The molecule has 3 aromatic carbocycles. The molecule has 9 heteroatoms. The largest absolute Gasteiger partial charge is 0.450 e. The van der Waals surface area contributed by atoms with Gasteiger partial charge in [0, 0.05) is 15.6 Å². The number of rotatable bonds is 3. The molecule has 0 bridgehead atoms. The Morgan fingerprint density at radius 3 is 2.25 bits per heavy atom.